The molecule has 0 aliphatic rings. The molecule has 1 amide bonds. The fourth-order valence-electron chi connectivity index (χ4n) is 1.52. The molecule has 17 heavy (non-hydrogen) atoms. The lowest BCUT2D eigenvalue weighted by molar-refractivity contribution is -0.115. The minimum atomic E-state index is -0.00924. The summed E-state index contributed by atoms with van der Waals surface area (Å²) in [6.07, 6.45) is 0.411. The number of anilines is 1. The standard InChI is InChI=1S/C13H12ClNOS/c14-9-10-4-1-2-6-12(10)15-13(16)8-11-5-3-7-17-11/h1-7H,8-9H2,(H,15,16). The zero-order chi connectivity index (χ0) is 12.1. The summed E-state index contributed by atoms with van der Waals surface area (Å²) in [7, 11) is 0. The number of benzene rings is 1. The molecular formula is C13H12ClNOS. The van der Waals surface area contributed by atoms with Gasteiger partial charge in [-0.1, -0.05) is 24.3 Å². The lowest BCUT2D eigenvalue weighted by Crippen LogP contribution is -2.14. The van der Waals surface area contributed by atoms with E-state index in [0.717, 1.165) is 16.1 Å². The molecule has 88 valence electrons. The molecule has 0 bridgehead atoms. The highest BCUT2D eigenvalue weighted by molar-refractivity contribution is 7.10. The van der Waals surface area contributed by atoms with Crippen LogP contribution in [0.2, 0.25) is 0 Å². The van der Waals surface area contributed by atoms with Gasteiger partial charge < -0.3 is 5.32 Å². The fraction of sp³-hybridized carbons (Fsp3) is 0.154. The summed E-state index contributed by atoms with van der Waals surface area (Å²) in [4.78, 5) is 12.9. The van der Waals surface area contributed by atoms with E-state index in [9.17, 15) is 4.79 Å². The van der Waals surface area contributed by atoms with Crippen LogP contribution in [0.15, 0.2) is 41.8 Å². The zero-order valence-electron chi connectivity index (χ0n) is 9.15. The van der Waals surface area contributed by atoms with Crippen LogP contribution in [0.5, 0.6) is 0 Å². The predicted octanol–water partition coefficient (Wildman–Crippen LogP) is 3.67. The monoisotopic (exact) mass is 265 g/mol. The highest BCUT2D eigenvalue weighted by Crippen LogP contribution is 2.18. The summed E-state index contributed by atoms with van der Waals surface area (Å²) in [6.45, 7) is 0. The molecule has 2 rings (SSSR count). The predicted molar refractivity (Wildman–Crippen MR) is 72.7 cm³/mol. The fourth-order valence-corrected chi connectivity index (χ4v) is 2.46. The first-order valence-electron chi connectivity index (χ1n) is 5.25. The molecule has 0 radical (unpaired) electrons. The van der Waals surface area contributed by atoms with Gasteiger partial charge in [0.25, 0.3) is 0 Å². The first-order chi connectivity index (χ1) is 8.29. The van der Waals surface area contributed by atoms with Crippen LogP contribution in [-0.4, -0.2) is 5.91 Å². The minimum absolute atomic E-state index is 0.00924. The molecule has 0 saturated carbocycles. The highest BCUT2D eigenvalue weighted by Gasteiger charge is 2.07. The van der Waals surface area contributed by atoms with Gasteiger partial charge in [0, 0.05) is 16.4 Å². The second kappa shape index (κ2) is 5.84. The quantitative estimate of drug-likeness (QED) is 0.840. The molecule has 1 N–H and O–H groups in total. The van der Waals surface area contributed by atoms with Crippen molar-refractivity contribution in [2.24, 2.45) is 0 Å². The highest BCUT2D eigenvalue weighted by atomic mass is 35.5. The number of alkyl halides is 1. The van der Waals surface area contributed by atoms with E-state index < -0.39 is 0 Å². The van der Waals surface area contributed by atoms with Gasteiger partial charge in [-0.15, -0.1) is 22.9 Å². The molecule has 0 aliphatic carbocycles. The van der Waals surface area contributed by atoms with Crippen molar-refractivity contribution in [2.75, 3.05) is 5.32 Å². The van der Waals surface area contributed by atoms with Crippen molar-refractivity contribution in [3.05, 3.63) is 52.2 Å². The first-order valence-corrected chi connectivity index (χ1v) is 6.67. The largest absolute Gasteiger partial charge is 0.325 e. The van der Waals surface area contributed by atoms with Crippen molar-refractivity contribution in [3.63, 3.8) is 0 Å². The summed E-state index contributed by atoms with van der Waals surface area (Å²) in [5.41, 5.74) is 1.73. The van der Waals surface area contributed by atoms with Gasteiger partial charge in [-0.05, 0) is 23.1 Å². The van der Waals surface area contributed by atoms with E-state index in [2.05, 4.69) is 5.32 Å². The van der Waals surface area contributed by atoms with Gasteiger partial charge >= 0.3 is 0 Å². The van der Waals surface area contributed by atoms with Crippen molar-refractivity contribution in [3.8, 4) is 0 Å². The maximum Gasteiger partial charge on any atom is 0.229 e. The number of carbonyl (C=O) groups excluding carboxylic acids is 1. The number of carbonyl (C=O) groups is 1. The molecule has 0 unspecified atom stereocenters. The van der Waals surface area contributed by atoms with Gasteiger partial charge in [0.2, 0.25) is 5.91 Å². The van der Waals surface area contributed by atoms with Gasteiger partial charge in [-0.3, -0.25) is 4.79 Å². The summed E-state index contributed by atoms with van der Waals surface area (Å²) in [5.74, 6) is 0.389. The Kier molecular flexibility index (Phi) is 4.18. The Balaban J connectivity index is 2.03. The van der Waals surface area contributed by atoms with Crippen LogP contribution in [0.1, 0.15) is 10.4 Å². The van der Waals surface area contributed by atoms with Crippen LogP contribution in [0.4, 0.5) is 5.69 Å². The van der Waals surface area contributed by atoms with E-state index >= 15 is 0 Å². The molecule has 0 atom stereocenters. The number of para-hydroxylation sites is 1. The zero-order valence-corrected chi connectivity index (χ0v) is 10.7. The summed E-state index contributed by atoms with van der Waals surface area (Å²) in [6, 6.07) is 11.5. The normalized spacial score (nSPS) is 10.2. The Labute approximate surface area is 109 Å². The van der Waals surface area contributed by atoms with E-state index in [0.29, 0.717) is 12.3 Å². The van der Waals surface area contributed by atoms with E-state index in [1.165, 1.54) is 0 Å². The van der Waals surface area contributed by atoms with E-state index in [1.807, 2.05) is 41.8 Å². The summed E-state index contributed by atoms with van der Waals surface area (Å²) < 4.78 is 0. The maximum absolute atomic E-state index is 11.8. The van der Waals surface area contributed by atoms with Crippen molar-refractivity contribution >= 4 is 34.5 Å². The second-order valence-corrected chi connectivity index (χ2v) is 4.89. The molecule has 0 spiro atoms. The number of thiophene rings is 1. The number of hydrogen-bond acceptors (Lipinski definition) is 2. The molecule has 0 aliphatic heterocycles. The average molecular weight is 266 g/mol. The topological polar surface area (TPSA) is 29.1 Å². The van der Waals surface area contributed by atoms with Gasteiger partial charge in [-0.25, -0.2) is 0 Å². The minimum Gasteiger partial charge on any atom is -0.325 e. The first kappa shape index (κ1) is 12.1. The lowest BCUT2D eigenvalue weighted by Gasteiger charge is -2.08. The van der Waals surface area contributed by atoms with Gasteiger partial charge in [0.15, 0.2) is 0 Å². The SMILES string of the molecule is O=C(Cc1cccs1)Nc1ccccc1CCl. The van der Waals surface area contributed by atoms with Gasteiger partial charge in [-0.2, -0.15) is 0 Å². The molecule has 4 heteroatoms. The third kappa shape index (κ3) is 3.32. The van der Waals surface area contributed by atoms with Crippen LogP contribution in [0.3, 0.4) is 0 Å². The third-order valence-corrected chi connectivity index (χ3v) is 3.51. The van der Waals surface area contributed by atoms with Crippen molar-refractivity contribution in [1.29, 1.82) is 0 Å². The van der Waals surface area contributed by atoms with Crippen molar-refractivity contribution < 1.29 is 4.79 Å². The van der Waals surface area contributed by atoms with Gasteiger partial charge in [0.05, 0.1) is 6.42 Å². The smallest absolute Gasteiger partial charge is 0.229 e. The Hall–Kier alpha value is -1.32. The number of amides is 1. The van der Waals surface area contributed by atoms with Crippen molar-refractivity contribution in [1.82, 2.24) is 0 Å². The summed E-state index contributed by atoms with van der Waals surface area (Å²) >= 11 is 7.39. The molecule has 0 saturated heterocycles. The molecular weight excluding hydrogens is 254 g/mol. The molecule has 0 fully saturated rings. The van der Waals surface area contributed by atoms with Gasteiger partial charge in [0.1, 0.15) is 0 Å². The molecule has 2 aromatic rings. The van der Waals surface area contributed by atoms with Crippen LogP contribution in [0.25, 0.3) is 0 Å². The van der Waals surface area contributed by atoms with Crippen LogP contribution < -0.4 is 5.32 Å². The van der Waals surface area contributed by atoms with Crippen LogP contribution in [0, 0.1) is 0 Å². The number of nitrogens with one attached hydrogen (secondary N) is 1. The summed E-state index contributed by atoms with van der Waals surface area (Å²) in [5, 5.41) is 4.85. The molecule has 1 heterocycles. The van der Waals surface area contributed by atoms with E-state index in [4.69, 9.17) is 11.6 Å². The molecule has 1 aromatic heterocycles. The van der Waals surface area contributed by atoms with Crippen LogP contribution >= 0.6 is 22.9 Å². The van der Waals surface area contributed by atoms with E-state index in [1.54, 1.807) is 11.3 Å². The number of halogens is 1. The Morgan fingerprint density at radius 1 is 1.24 bits per heavy atom. The molecule has 2 nitrogen and oxygen atoms in total. The third-order valence-electron chi connectivity index (χ3n) is 2.35. The maximum atomic E-state index is 11.8. The second-order valence-electron chi connectivity index (χ2n) is 3.60. The Morgan fingerprint density at radius 2 is 2.06 bits per heavy atom. The molecule has 1 aromatic carbocycles. The lowest BCUT2D eigenvalue weighted by atomic mass is 10.2. The number of hydrogen-bond donors (Lipinski definition) is 1. The number of rotatable bonds is 4. The average Bonchev–Trinajstić information content (AvgIpc) is 2.82. The van der Waals surface area contributed by atoms with Crippen molar-refractivity contribution in [2.45, 2.75) is 12.3 Å². The van der Waals surface area contributed by atoms with E-state index in [-0.39, 0.29) is 5.91 Å². The Morgan fingerprint density at radius 3 is 2.76 bits per heavy atom. The Bertz CT molecular complexity index is 496. The van der Waals surface area contributed by atoms with Crippen LogP contribution in [-0.2, 0) is 17.1 Å².